The molecule has 1 aromatic heterocycles. The molecule has 1 saturated carbocycles. The normalized spacial score (nSPS) is 20.7. The van der Waals surface area contributed by atoms with Crippen molar-refractivity contribution in [2.45, 2.75) is 51.9 Å². The van der Waals surface area contributed by atoms with Gasteiger partial charge in [-0.05, 0) is 56.8 Å². The zero-order chi connectivity index (χ0) is 18.1. The molecule has 0 radical (unpaired) electrons. The van der Waals surface area contributed by atoms with Crippen LogP contribution < -0.4 is 5.32 Å². The highest BCUT2D eigenvalue weighted by Gasteiger charge is 2.56. The lowest BCUT2D eigenvalue weighted by molar-refractivity contribution is 0.178. The Labute approximate surface area is 165 Å². The fourth-order valence-electron chi connectivity index (χ4n) is 4.43. The van der Waals surface area contributed by atoms with Crippen molar-refractivity contribution >= 4 is 12.4 Å². The molecule has 1 aromatic carbocycles. The van der Waals surface area contributed by atoms with Crippen LogP contribution in [0.1, 0.15) is 37.6 Å². The van der Waals surface area contributed by atoms with E-state index in [0.717, 1.165) is 44.7 Å². The molecule has 0 bridgehead atoms. The van der Waals surface area contributed by atoms with Crippen LogP contribution in [0.25, 0.3) is 0 Å². The van der Waals surface area contributed by atoms with E-state index in [1.165, 1.54) is 18.2 Å². The van der Waals surface area contributed by atoms with Crippen LogP contribution >= 0.6 is 12.4 Å². The molecule has 1 spiro atoms. The first-order valence-electron chi connectivity index (χ1n) is 9.50. The highest BCUT2D eigenvalue weighted by atomic mass is 35.5. The number of aryl methyl sites for hydroxylation is 1. The van der Waals surface area contributed by atoms with Gasteiger partial charge in [-0.2, -0.15) is 0 Å². The average molecular weight is 397 g/mol. The maximum Gasteiger partial charge on any atom is 0.130 e. The summed E-state index contributed by atoms with van der Waals surface area (Å²) < 4.78 is 30.6. The second-order valence-electron chi connectivity index (χ2n) is 7.57. The number of rotatable bonds is 6. The Balaban J connectivity index is 0.00000210. The van der Waals surface area contributed by atoms with E-state index in [0.29, 0.717) is 18.0 Å². The molecule has 148 valence electrons. The average Bonchev–Trinajstić information content (AvgIpc) is 3.13. The molecule has 4 nitrogen and oxygen atoms in total. The van der Waals surface area contributed by atoms with E-state index in [2.05, 4.69) is 26.7 Å². The van der Waals surface area contributed by atoms with Crippen LogP contribution in [0.4, 0.5) is 8.78 Å². The summed E-state index contributed by atoms with van der Waals surface area (Å²) in [5.74, 6) is 0.0305. The number of benzene rings is 1. The molecule has 2 aliphatic rings. The Morgan fingerprint density at radius 1 is 1.22 bits per heavy atom. The lowest BCUT2D eigenvalue weighted by Crippen LogP contribution is -2.36. The summed E-state index contributed by atoms with van der Waals surface area (Å²) in [5, 5.41) is 3.42. The van der Waals surface area contributed by atoms with E-state index < -0.39 is 11.6 Å². The highest BCUT2D eigenvalue weighted by Crippen LogP contribution is 2.56. The summed E-state index contributed by atoms with van der Waals surface area (Å²) in [5.41, 5.74) is 0.467. The summed E-state index contributed by atoms with van der Waals surface area (Å²) in [6, 6.07) is 4.48. The molecule has 27 heavy (non-hydrogen) atoms. The third-order valence-corrected chi connectivity index (χ3v) is 6.10. The number of halogens is 3. The zero-order valence-corrected chi connectivity index (χ0v) is 16.4. The van der Waals surface area contributed by atoms with Crippen LogP contribution in [-0.2, 0) is 19.6 Å². The number of nitrogens with zero attached hydrogens (tertiary/aromatic N) is 3. The first kappa shape index (κ1) is 20.2. The first-order chi connectivity index (χ1) is 12.6. The molecule has 4 rings (SSSR count). The second-order valence-corrected chi connectivity index (χ2v) is 7.57. The first-order valence-corrected chi connectivity index (χ1v) is 9.50. The van der Waals surface area contributed by atoms with Gasteiger partial charge in [0.25, 0.3) is 0 Å². The summed E-state index contributed by atoms with van der Waals surface area (Å²) in [4.78, 5) is 6.72. The summed E-state index contributed by atoms with van der Waals surface area (Å²) in [6.07, 6.45) is 7.14. The van der Waals surface area contributed by atoms with E-state index in [1.54, 1.807) is 6.20 Å². The van der Waals surface area contributed by atoms with E-state index in [4.69, 9.17) is 0 Å². The van der Waals surface area contributed by atoms with Crippen LogP contribution in [0.15, 0.2) is 30.6 Å². The Hall–Kier alpha value is -1.50. The molecule has 0 amide bonds. The number of imidazole rings is 1. The third kappa shape index (κ3) is 4.03. The predicted molar refractivity (Wildman–Crippen MR) is 104 cm³/mol. The van der Waals surface area contributed by atoms with E-state index in [1.807, 2.05) is 6.20 Å². The highest BCUT2D eigenvalue weighted by molar-refractivity contribution is 5.85. The van der Waals surface area contributed by atoms with Crippen LogP contribution in [0, 0.1) is 17.0 Å². The Morgan fingerprint density at radius 3 is 2.59 bits per heavy atom. The van der Waals surface area contributed by atoms with E-state index in [9.17, 15) is 8.78 Å². The van der Waals surface area contributed by atoms with Gasteiger partial charge in [0.1, 0.15) is 17.5 Å². The molecule has 2 aromatic rings. The molecule has 1 atom stereocenters. The van der Waals surface area contributed by atoms with Crippen molar-refractivity contribution in [1.29, 1.82) is 0 Å². The minimum Gasteiger partial charge on any atom is -0.334 e. The quantitative estimate of drug-likeness (QED) is 0.807. The van der Waals surface area contributed by atoms with Gasteiger partial charge in [0.2, 0.25) is 0 Å². The van der Waals surface area contributed by atoms with Crippen molar-refractivity contribution in [3.05, 3.63) is 53.6 Å². The van der Waals surface area contributed by atoms with Crippen molar-refractivity contribution in [3.63, 3.8) is 0 Å². The molecule has 2 fully saturated rings. The van der Waals surface area contributed by atoms with Gasteiger partial charge in [0.05, 0.1) is 6.54 Å². The van der Waals surface area contributed by atoms with Gasteiger partial charge in [-0.3, -0.25) is 4.90 Å². The molecular formula is C20H27ClF2N4. The van der Waals surface area contributed by atoms with Gasteiger partial charge < -0.3 is 9.88 Å². The maximum atomic E-state index is 14.3. The van der Waals surface area contributed by atoms with Crippen LogP contribution in [0.2, 0.25) is 0 Å². The second kappa shape index (κ2) is 8.25. The lowest BCUT2D eigenvalue weighted by atomic mass is 9.93. The SMILES string of the molecule is CCn1ccnc1CN(Cc1c(F)cccc1F)C1CC12CCNCC2.Cl. The Kier molecular flexibility index (Phi) is 6.18. The number of piperidine rings is 1. The van der Waals surface area contributed by atoms with Crippen molar-refractivity contribution < 1.29 is 8.78 Å². The number of hydrogen-bond acceptors (Lipinski definition) is 3. The molecule has 1 N–H and O–H groups in total. The van der Waals surface area contributed by atoms with E-state index in [-0.39, 0.29) is 24.5 Å². The predicted octanol–water partition coefficient (Wildman–Crippen LogP) is 3.75. The fourth-order valence-corrected chi connectivity index (χ4v) is 4.43. The maximum absolute atomic E-state index is 14.3. The topological polar surface area (TPSA) is 33.1 Å². The van der Waals surface area contributed by atoms with Gasteiger partial charge in [-0.25, -0.2) is 13.8 Å². The van der Waals surface area contributed by atoms with Gasteiger partial charge in [-0.1, -0.05) is 6.07 Å². The number of nitrogens with one attached hydrogen (secondary N) is 1. The fraction of sp³-hybridized carbons (Fsp3) is 0.550. The van der Waals surface area contributed by atoms with Crippen molar-refractivity contribution in [3.8, 4) is 0 Å². The van der Waals surface area contributed by atoms with Gasteiger partial charge >= 0.3 is 0 Å². The number of aromatic nitrogens is 2. The smallest absolute Gasteiger partial charge is 0.130 e. The minimum atomic E-state index is -0.464. The summed E-state index contributed by atoms with van der Waals surface area (Å²) >= 11 is 0. The van der Waals surface area contributed by atoms with Crippen LogP contribution in [-0.4, -0.2) is 33.6 Å². The van der Waals surface area contributed by atoms with Gasteiger partial charge in [0, 0.05) is 37.1 Å². The molecule has 1 aliphatic carbocycles. The van der Waals surface area contributed by atoms with Crippen molar-refractivity contribution in [2.24, 2.45) is 5.41 Å². The molecular weight excluding hydrogens is 370 g/mol. The standard InChI is InChI=1S/C20H26F2N4.ClH/c1-2-25-11-10-24-19(25)14-26(13-15-16(21)4-3-5-17(15)22)18-12-20(18)6-8-23-9-7-20;/h3-5,10-11,18,23H,2,6-9,12-14H2,1H3;1H. The van der Waals surface area contributed by atoms with Crippen LogP contribution in [0.3, 0.4) is 0 Å². The molecule has 1 saturated heterocycles. The Morgan fingerprint density at radius 2 is 1.93 bits per heavy atom. The van der Waals surface area contributed by atoms with Crippen LogP contribution in [0.5, 0.6) is 0 Å². The lowest BCUT2D eigenvalue weighted by Gasteiger charge is -2.29. The molecule has 7 heteroatoms. The van der Waals surface area contributed by atoms with Gasteiger partial charge in [0.15, 0.2) is 0 Å². The number of hydrogen-bond donors (Lipinski definition) is 1. The largest absolute Gasteiger partial charge is 0.334 e. The van der Waals surface area contributed by atoms with Crippen molar-refractivity contribution in [1.82, 2.24) is 19.8 Å². The molecule has 2 heterocycles. The zero-order valence-electron chi connectivity index (χ0n) is 15.6. The monoisotopic (exact) mass is 396 g/mol. The van der Waals surface area contributed by atoms with Crippen molar-refractivity contribution in [2.75, 3.05) is 13.1 Å². The van der Waals surface area contributed by atoms with E-state index >= 15 is 0 Å². The molecule has 1 unspecified atom stereocenters. The third-order valence-electron chi connectivity index (χ3n) is 6.10. The summed E-state index contributed by atoms with van der Waals surface area (Å²) in [6.45, 7) is 5.89. The Bertz CT molecular complexity index is 753. The summed E-state index contributed by atoms with van der Waals surface area (Å²) in [7, 11) is 0. The van der Waals surface area contributed by atoms with Gasteiger partial charge in [-0.15, -0.1) is 12.4 Å². The molecule has 1 aliphatic heterocycles. The minimum absolute atomic E-state index is 0.